The fourth-order valence-corrected chi connectivity index (χ4v) is 2.18. The second kappa shape index (κ2) is 4.25. The Morgan fingerprint density at radius 1 is 1.24 bits per heavy atom. The van der Waals surface area contributed by atoms with Crippen molar-refractivity contribution in [2.45, 2.75) is 0 Å². The first-order valence-electron chi connectivity index (χ1n) is 4.58. The van der Waals surface area contributed by atoms with Gasteiger partial charge in [-0.3, -0.25) is 10.3 Å². The van der Waals surface area contributed by atoms with Gasteiger partial charge in [-0.25, -0.2) is 9.69 Å². The second-order valence-corrected chi connectivity index (χ2v) is 4.72. The van der Waals surface area contributed by atoms with Gasteiger partial charge in [0.05, 0.1) is 5.69 Å². The number of rotatable bonds is 1. The quantitative estimate of drug-likeness (QED) is 0.807. The highest BCUT2D eigenvalue weighted by molar-refractivity contribution is 7.82. The van der Waals surface area contributed by atoms with Gasteiger partial charge >= 0.3 is 6.03 Å². The number of amides is 2. The van der Waals surface area contributed by atoms with Gasteiger partial charge in [-0.1, -0.05) is 35.4 Å². The Bertz CT molecular complexity index is 526. The Hall–Kier alpha value is -1.17. The highest BCUT2D eigenvalue weighted by Crippen LogP contribution is 2.28. The van der Waals surface area contributed by atoms with Crippen LogP contribution >= 0.6 is 35.4 Å². The summed E-state index contributed by atoms with van der Waals surface area (Å²) >= 11 is 16.7. The first-order valence-corrected chi connectivity index (χ1v) is 5.75. The molecule has 0 bridgehead atoms. The number of hydrogen-bond donors (Lipinski definition) is 1. The predicted octanol–water partition coefficient (Wildman–Crippen LogP) is 3.17. The van der Waals surface area contributed by atoms with Crippen LogP contribution in [0.2, 0.25) is 10.0 Å². The van der Waals surface area contributed by atoms with Gasteiger partial charge in [-0.15, -0.1) is 0 Å². The number of urea groups is 1. The topological polar surface area (TPSA) is 47.4 Å². The Labute approximate surface area is 113 Å². The molecular weight excluding hydrogens is 281 g/mol. The van der Waals surface area contributed by atoms with Crippen molar-refractivity contribution in [2.24, 2.45) is 0 Å². The molecule has 2 amide bonds. The summed E-state index contributed by atoms with van der Waals surface area (Å²) in [6, 6.07) is 4.28. The number of nitrogens with one attached hydrogen (secondary N) is 1. The summed E-state index contributed by atoms with van der Waals surface area (Å²) < 4.78 is 0. The molecule has 1 saturated heterocycles. The van der Waals surface area contributed by atoms with Gasteiger partial charge in [0.15, 0.2) is 10.8 Å². The molecule has 1 fully saturated rings. The fourth-order valence-electron chi connectivity index (χ4n) is 1.49. The second-order valence-electron chi connectivity index (χ2n) is 3.46. The summed E-state index contributed by atoms with van der Waals surface area (Å²) in [5.41, 5.74) is 0.434. The van der Waals surface area contributed by atoms with Crippen LogP contribution in [0.25, 0.3) is 0 Å². The van der Waals surface area contributed by atoms with E-state index in [1.165, 1.54) is 16.8 Å². The lowest BCUT2D eigenvalue weighted by molar-refractivity contribution is 0.238. The number of benzene rings is 1. The number of halogens is 2. The van der Waals surface area contributed by atoms with E-state index in [0.29, 0.717) is 15.7 Å². The van der Waals surface area contributed by atoms with E-state index in [1.54, 1.807) is 18.2 Å². The molecule has 1 N–H and O–H groups in total. The molecule has 0 unspecified atom stereocenters. The molecule has 1 aromatic carbocycles. The zero-order chi connectivity index (χ0) is 12.7. The normalized spacial score (nSPS) is 16.1. The molecular formula is C10H7Cl2N3OS. The van der Waals surface area contributed by atoms with Crippen molar-refractivity contribution in [3.05, 3.63) is 28.2 Å². The fraction of sp³-hybridized carbons (Fsp3) is 0.100. The summed E-state index contributed by atoms with van der Waals surface area (Å²) in [5.74, 6) is -0.0502. The molecule has 0 atom stereocenters. The highest BCUT2D eigenvalue weighted by atomic mass is 35.5. The van der Waals surface area contributed by atoms with Crippen LogP contribution in [0, 0.1) is 5.41 Å². The number of hydrogen-bond acceptors (Lipinski definition) is 3. The molecule has 2 rings (SSSR count). The minimum atomic E-state index is -0.390. The monoisotopic (exact) mass is 287 g/mol. The average molecular weight is 288 g/mol. The van der Waals surface area contributed by atoms with Crippen molar-refractivity contribution in [3.63, 3.8) is 0 Å². The Morgan fingerprint density at radius 3 is 2.18 bits per heavy atom. The maximum absolute atomic E-state index is 11.9. The van der Waals surface area contributed by atoms with Crippen molar-refractivity contribution in [1.29, 1.82) is 5.41 Å². The molecule has 0 aromatic heterocycles. The van der Waals surface area contributed by atoms with E-state index < -0.39 is 6.03 Å². The first-order chi connectivity index (χ1) is 7.91. The van der Waals surface area contributed by atoms with Gasteiger partial charge in [-0.05, 0) is 18.2 Å². The zero-order valence-corrected chi connectivity index (χ0v) is 11.0. The van der Waals surface area contributed by atoms with E-state index >= 15 is 0 Å². The summed E-state index contributed by atoms with van der Waals surface area (Å²) in [4.78, 5) is 14.5. The van der Waals surface area contributed by atoms with E-state index in [1.807, 2.05) is 0 Å². The standard InChI is InChI=1S/C10H7Cl2N3OS/c1-14-9(17)8(13)15(10(14)16)7-3-5(11)2-6(12)4-7/h2-4,13H,1H3. The van der Waals surface area contributed by atoms with Crippen molar-refractivity contribution >= 4 is 58.0 Å². The Kier molecular flexibility index (Phi) is 3.07. The molecule has 0 saturated carbocycles. The molecule has 17 heavy (non-hydrogen) atoms. The molecule has 0 radical (unpaired) electrons. The molecule has 0 aliphatic carbocycles. The zero-order valence-electron chi connectivity index (χ0n) is 8.70. The smallest absolute Gasteiger partial charge is 0.284 e. The molecule has 1 aromatic rings. The number of anilines is 1. The first kappa shape index (κ1) is 12.3. The lowest BCUT2D eigenvalue weighted by Crippen LogP contribution is -2.31. The lowest BCUT2D eigenvalue weighted by atomic mass is 10.3. The van der Waals surface area contributed by atoms with Crippen LogP contribution in [0.3, 0.4) is 0 Å². The Morgan fingerprint density at radius 2 is 1.76 bits per heavy atom. The van der Waals surface area contributed by atoms with E-state index in [4.69, 9.17) is 40.8 Å². The van der Waals surface area contributed by atoms with Crippen LogP contribution < -0.4 is 4.90 Å². The number of carbonyl (C=O) groups is 1. The van der Waals surface area contributed by atoms with E-state index in [2.05, 4.69) is 0 Å². The number of carbonyl (C=O) groups excluding carboxylic acids is 1. The molecule has 1 heterocycles. The van der Waals surface area contributed by atoms with Crippen LogP contribution in [-0.2, 0) is 0 Å². The number of thiocarbonyl (C=S) groups is 1. The third-order valence-corrected chi connectivity index (χ3v) is 3.22. The molecule has 0 spiro atoms. The summed E-state index contributed by atoms with van der Waals surface area (Å²) in [6.07, 6.45) is 0. The van der Waals surface area contributed by atoms with Gasteiger partial charge in [0.25, 0.3) is 0 Å². The number of nitrogens with zero attached hydrogens (tertiary/aromatic N) is 2. The molecule has 88 valence electrons. The van der Waals surface area contributed by atoms with Crippen LogP contribution in [0.5, 0.6) is 0 Å². The van der Waals surface area contributed by atoms with Crippen LogP contribution in [0.4, 0.5) is 10.5 Å². The average Bonchev–Trinajstić information content (AvgIpc) is 2.42. The maximum Gasteiger partial charge on any atom is 0.335 e. The lowest BCUT2D eigenvalue weighted by Gasteiger charge is -2.15. The predicted molar refractivity (Wildman–Crippen MR) is 72.4 cm³/mol. The molecule has 1 aliphatic rings. The van der Waals surface area contributed by atoms with Gasteiger partial charge in [0.1, 0.15) is 0 Å². The van der Waals surface area contributed by atoms with Crippen molar-refractivity contribution in [2.75, 3.05) is 11.9 Å². The van der Waals surface area contributed by atoms with Crippen LogP contribution in [0.15, 0.2) is 18.2 Å². The Balaban J connectivity index is 2.50. The summed E-state index contributed by atoms with van der Waals surface area (Å²) in [6.45, 7) is 0. The third-order valence-electron chi connectivity index (χ3n) is 2.31. The SMILES string of the molecule is CN1C(=O)N(c2cc(Cl)cc(Cl)c2)C(=N)C1=S. The highest BCUT2D eigenvalue weighted by Gasteiger charge is 2.37. The van der Waals surface area contributed by atoms with Crippen LogP contribution in [-0.4, -0.2) is 28.8 Å². The number of amidine groups is 1. The van der Waals surface area contributed by atoms with Crippen molar-refractivity contribution < 1.29 is 4.79 Å². The molecule has 1 aliphatic heterocycles. The van der Waals surface area contributed by atoms with Crippen molar-refractivity contribution in [1.82, 2.24) is 4.90 Å². The minimum Gasteiger partial charge on any atom is -0.284 e. The van der Waals surface area contributed by atoms with Gasteiger partial charge in [-0.2, -0.15) is 0 Å². The van der Waals surface area contributed by atoms with Crippen LogP contribution in [0.1, 0.15) is 0 Å². The van der Waals surface area contributed by atoms with Gasteiger partial charge < -0.3 is 0 Å². The number of likely N-dealkylation sites (N-methyl/N-ethyl adjacent to an activating group) is 1. The van der Waals surface area contributed by atoms with Gasteiger partial charge in [0, 0.05) is 17.1 Å². The van der Waals surface area contributed by atoms with Gasteiger partial charge in [0.2, 0.25) is 0 Å². The maximum atomic E-state index is 11.9. The molecule has 7 heteroatoms. The van der Waals surface area contributed by atoms with E-state index in [-0.39, 0.29) is 10.8 Å². The largest absolute Gasteiger partial charge is 0.335 e. The van der Waals surface area contributed by atoms with E-state index in [9.17, 15) is 4.79 Å². The molecule has 4 nitrogen and oxygen atoms in total. The minimum absolute atomic E-state index is 0.0502. The van der Waals surface area contributed by atoms with Crippen molar-refractivity contribution in [3.8, 4) is 0 Å². The summed E-state index contributed by atoms with van der Waals surface area (Å²) in [7, 11) is 1.52. The summed E-state index contributed by atoms with van der Waals surface area (Å²) in [5, 5.41) is 8.58. The third kappa shape index (κ3) is 2.01. The van der Waals surface area contributed by atoms with E-state index in [0.717, 1.165) is 0 Å².